The zero-order valence-electron chi connectivity index (χ0n) is 6.95. The Kier molecular flexibility index (Phi) is 1.89. The van der Waals surface area contributed by atoms with E-state index in [1.54, 1.807) is 6.92 Å². The average molecular weight is 222 g/mol. The molecule has 1 saturated carbocycles. The third-order valence-corrected chi connectivity index (χ3v) is 3.35. The molecule has 0 saturated heterocycles. The molecule has 1 aromatic rings. The first-order chi connectivity index (χ1) is 6.00. The Bertz CT molecular complexity index is 433. The summed E-state index contributed by atoms with van der Waals surface area (Å²) in [6.07, 6.45) is 2.10. The monoisotopic (exact) mass is 221 g/mol. The van der Waals surface area contributed by atoms with Gasteiger partial charge in [0.15, 0.2) is 0 Å². The molecule has 0 spiro atoms. The zero-order valence-corrected chi connectivity index (χ0v) is 8.52. The SMILES string of the molecule is Cc1c(C2CC2)noc1S(=O)(=O)Cl. The summed E-state index contributed by atoms with van der Waals surface area (Å²) in [7, 11) is 1.37. The van der Waals surface area contributed by atoms with Crippen molar-refractivity contribution in [3.05, 3.63) is 11.3 Å². The van der Waals surface area contributed by atoms with E-state index in [1.807, 2.05) is 0 Å². The van der Waals surface area contributed by atoms with Crippen LogP contribution in [0.4, 0.5) is 0 Å². The van der Waals surface area contributed by atoms with Gasteiger partial charge in [0.25, 0.3) is 14.1 Å². The van der Waals surface area contributed by atoms with Gasteiger partial charge in [-0.3, -0.25) is 0 Å². The van der Waals surface area contributed by atoms with Crippen LogP contribution in [0, 0.1) is 6.92 Å². The molecule has 4 nitrogen and oxygen atoms in total. The maximum atomic E-state index is 10.9. The summed E-state index contributed by atoms with van der Waals surface area (Å²) in [6.45, 7) is 1.67. The lowest BCUT2D eigenvalue weighted by molar-refractivity contribution is 0.335. The van der Waals surface area contributed by atoms with Crippen LogP contribution in [0.2, 0.25) is 0 Å². The van der Waals surface area contributed by atoms with Crippen LogP contribution >= 0.6 is 10.7 Å². The summed E-state index contributed by atoms with van der Waals surface area (Å²) in [5.41, 5.74) is 1.29. The van der Waals surface area contributed by atoms with E-state index in [-0.39, 0.29) is 5.09 Å². The van der Waals surface area contributed by atoms with Crippen molar-refractivity contribution in [2.75, 3.05) is 0 Å². The number of halogens is 1. The molecule has 1 aromatic heterocycles. The van der Waals surface area contributed by atoms with Gasteiger partial charge in [-0.05, 0) is 19.8 Å². The van der Waals surface area contributed by atoms with Crippen molar-refractivity contribution in [2.24, 2.45) is 0 Å². The van der Waals surface area contributed by atoms with Gasteiger partial charge < -0.3 is 4.52 Å². The molecule has 13 heavy (non-hydrogen) atoms. The van der Waals surface area contributed by atoms with Gasteiger partial charge in [0.05, 0.1) is 5.69 Å². The van der Waals surface area contributed by atoms with Crippen LogP contribution in [0.5, 0.6) is 0 Å². The number of aromatic nitrogens is 1. The first-order valence-electron chi connectivity index (χ1n) is 3.91. The van der Waals surface area contributed by atoms with E-state index in [2.05, 4.69) is 5.16 Å². The van der Waals surface area contributed by atoms with Gasteiger partial charge >= 0.3 is 0 Å². The average Bonchev–Trinajstić information content (AvgIpc) is 2.73. The molecule has 1 aliphatic carbocycles. The normalized spacial score (nSPS) is 17.7. The molecule has 0 amide bonds. The second kappa shape index (κ2) is 2.72. The third kappa shape index (κ3) is 1.58. The Balaban J connectivity index is 2.50. The molecular formula is C7H8ClNO3S. The van der Waals surface area contributed by atoms with Crippen molar-refractivity contribution in [2.45, 2.75) is 30.8 Å². The second-order valence-corrected chi connectivity index (χ2v) is 5.66. The Morgan fingerprint density at radius 1 is 1.54 bits per heavy atom. The smallest absolute Gasteiger partial charge is 0.297 e. The predicted molar refractivity (Wildman–Crippen MR) is 46.3 cm³/mol. The molecule has 0 bridgehead atoms. The lowest BCUT2D eigenvalue weighted by Gasteiger charge is -1.90. The van der Waals surface area contributed by atoms with Crippen molar-refractivity contribution in [1.82, 2.24) is 5.16 Å². The van der Waals surface area contributed by atoms with E-state index in [0.29, 0.717) is 11.5 Å². The zero-order chi connectivity index (χ0) is 9.64. The molecule has 0 unspecified atom stereocenters. The van der Waals surface area contributed by atoms with Crippen LogP contribution in [0.25, 0.3) is 0 Å². The molecule has 6 heteroatoms. The molecule has 2 rings (SSSR count). The van der Waals surface area contributed by atoms with Crippen molar-refractivity contribution in [3.63, 3.8) is 0 Å². The van der Waals surface area contributed by atoms with Gasteiger partial charge in [0, 0.05) is 22.2 Å². The minimum Gasteiger partial charge on any atom is -0.343 e. The van der Waals surface area contributed by atoms with Gasteiger partial charge in [-0.1, -0.05) is 5.16 Å². The minimum absolute atomic E-state index is 0.212. The second-order valence-electron chi connectivity index (χ2n) is 3.19. The standard InChI is InChI=1S/C7H8ClNO3S/c1-4-6(5-2-3-5)9-12-7(4)13(8,10)11/h5H,2-3H2,1H3. The largest absolute Gasteiger partial charge is 0.343 e. The van der Waals surface area contributed by atoms with E-state index < -0.39 is 9.05 Å². The van der Waals surface area contributed by atoms with Crippen LogP contribution in [0.1, 0.15) is 30.0 Å². The number of hydrogen-bond acceptors (Lipinski definition) is 4. The predicted octanol–water partition coefficient (Wildman–Crippen LogP) is 1.79. The summed E-state index contributed by atoms with van der Waals surface area (Å²) in [5, 5.41) is 3.49. The van der Waals surface area contributed by atoms with Gasteiger partial charge in [-0.15, -0.1) is 0 Å². The fraction of sp³-hybridized carbons (Fsp3) is 0.571. The fourth-order valence-corrected chi connectivity index (χ4v) is 2.33. The molecule has 0 atom stereocenters. The van der Waals surface area contributed by atoms with Crippen LogP contribution in [-0.4, -0.2) is 13.6 Å². The maximum Gasteiger partial charge on any atom is 0.297 e. The Morgan fingerprint density at radius 2 is 2.15 bits per heavy atom. The van der Waals surface area contributed by atoms with Crippen molar-refractivity contribution < 1.29 is 12.9 Å². The molecule has 72 valence electrons. The van der Waals surface area contributed by atoms with Crippen LogP contribution in [0.3, 0.4) is 0 Å². The summed E-state index contributed by atoms with van der Waals surface area (Å²) in [5.74, 6) is 0.371. The molecule has 1 fully saturated rings. The summed E-state index contributed by atoms with van der Waals surface area (Å²) < 4.78 is 26.6. The number of hydrogen-bond donors (Lipinski definition) is 0. The minimum atomic E-state index is -3.78. The number of rotatable bonds is 2. The molecule has 0 N–H and O–H groups in total. The number of nitrogens with zero attached hydrogens (tertiary/aromatic N) is 1. The quantitative estimate of drug-likeness (QED) is 0.715. The van der Waals surface area contributed by atoms with E-state index in [9.17, 15) is 8.42 Å². The van der Waals surface area contributed by atoms with Gasteiger partial charge in [0.1, 0.15) is 0 Å². The van der Waals surface area contributed by atoms with E-state index in [4.69, 9.17) is 15.2 Å². The molecule has 1 aliphatic rings. The molecule has 1 heterocycles. The fourth-order valence-electron chi connectivity index (χ4n) is 1.30. The molecule has 0 aromatic carbocycles. The van der Waals surface area contributed by atoms with E-state index in [0.717, 1.165) is 18.5 Å². The summed E-state index contributed by atoms with van der Waals surface area (Å²) >= 11 is 0. The Morgan fingerprint density at radius 3 is 2.54 bits per heavy atom. The van der Waals surface area contributed by atoms with Crippen LogP contribution in [-0.2, 0) is 9.05 Å². The van der Waals surface area contributed by atoms with Gasteiger partial charge in [-0.25, -0.2) is 8.42 Å². The van der Waals surface area contributed by atoms with Gasteiger partial charge in [0.2, 0.25) is 0 Å². The molecular weight excluding hydrogens is 214 g/mol. The van der Waals surface area contributed by atoms with Crippen molar-refractivity contribution in [3.8, 4) is 0 Å². The van der Waals surface area contributed by atoms with E-state index >= 15 is 0 Å². The summed E-state index contributed by atoms with van der Waals surface area (Å²) in [4.78, 5) is 0. The van der Waals surface area contributed by atoms with E-state index in [1.165, 1.54) is 0 Å². The highest BCUT2D eigenvalue weighted by molar-refractivity contribution is 8.13. The van der Waals surface area contributed by atoms with Crippen molar-refractivity contribution in [1.29, 1.82) is 0 Å². The first kappa shape index (κ1) is 9.02. The Labute approximate surface area is 80.3 Å². The van der Waals surface area contributed by atoms with Crippen molar-refractivity contribution >= 4 is 19.7 Å². The highest BCUT2D eigenvalue weighted by Gasteiger charge is 2.32. The lowest BCUT2D eigenvalue weighted by Crippen LogP contribution is -1.91. The van der Waals surface area contributed by atoms with Crippen LogP contribution in [0.15, 0.2) is 9.62 Å². The highest BCUT2D eigenvalue weighted by Crippen LogP contribution is 2.42. The van der Waals surface area contributed by atoms with Crippen LogP contribution < -0.4 is 0 Å². The Hall–Kier alpha value is -0.550. The molecule has 0 radical (unpaired) electrons. The molecule has 0 aliphatic heterocycles. The highest BCUT2D eigenvalue weighted by atomic mass is 35.7. The lowest BCUT2D eigenvalue weighted by atomic mass is 10.2. The summed E-state index contributed by atoms with van der Waals surface area (Å²) in [6, 6.07) is 0. The first-order valence-corrected chi connectivity index (χ1v) is 6.22. The third-order valence-electron chi connectivity index (χ3n) is 2.10. The van der Waals surface area contributed by atoms with Gasteiger partial charge in [-0.2, -0.15) is 0 Å². The maximum absolute atomic E-state index is 10.9. The topological polar surface area (TPSA) is 60.2 Å².